The van der Waals surface area contributed by atoms with Crippen molar-refractivity contribution < 1.29 is 62.3 Å². The van der Waals surface area contributed by atoms with Crippen LogP contribution in [0.25, 0.3) is 0 Å². The minimum absolute atomic E-state index is 0. The SMILES string of the molecule is O=C(O)c1cccc(C(=O)O)c1.O=[S-](=O)O.[Na+]. The summed E-state index contributed by atoms with van der Waals surface area (Å²) in [5.74, 6) is -2.25. The Morgan fingerprint density at radius 2 is 1.29 bits per heavy atom. The fraction of sp³-hybridized carbons (Fsp3) is 0. The third-order valence-electron chi connectivity index (χ3n) is 1.36. The molecule has 3 N–H and O–H groups in total. The molecule has 0 atom stereocenters. The number of carboxylic acid groups (broad SMARTS) is 2. The third-order valence-corrected chi connectivity index (χ3v) is 1.36. The zero-order chi connectivity index (χ0) is 12.7. The van der Waals surface area contributed by atoms with Gasteiger partial charge in [-0.15, -0.1) is 0 Å². The Morgan fingerprint density at radius 3 is 1.53 bits per heavy atom. The first-order valence-electron chi connectivity index (χ1n) is 3.69. The molecule has 1 aromatic rings. The number of rotatable bonds is 2. The molecule has 0 aliphatic rings. The molecule has 7 nitrogen and oxygen atoms in total. The molecule has 9 heteroatoms. The first-order chi connectivity index (χ1) is 7.34. The summed E-state index contributed by atoms with van der Waals surface area (Å²) in [5, 5.41) is 17.0. The first-order valence-corrected chi connectivity index (χ1v) is 4.72. The van der Waals surface area contributed by atoms with Gasteiger partial charge in [-0.1, -0.05) is 6.07 Å². The summed E-state index contributed by atoms with van der Waals surface area (Å²) in [6.07, 6.45) is 0. The van der Waals surface area contributed by atoms with E-state index in [1.807, 2.05) is 0 Å². The first kappa shape index (κ1) is 18.4. The van der Waals surface area contributed by atoms with Crippen LogP contribution in [0, 0.1) is 0 Å². The Hall–Kier alpha value is -0.930. The Labute approximate surface area is 120 Å². The maximum absolute atomic E-state index is 10.4. The Balaban J connectivity index is 0. The summed E-state index contributed by atoms with van der Waals surface area (Å²) in [6.45, 7) is 0. The largest absolute Gasteiger partial charge is 1.00 e. The van der Waals surface area contributed by atoms with Crippen molar-refractivity contribution in [1.29, 1.82) is 0 Å². The summed E-state index contributed by atoms with van der Waals surface area (Å²) in [7, 11) is -2.86. The zero-order valence-electron chi connectivity index (χ0n) is 8.69. The van der Waals surface area contributed by atoms with Gasteiger partial charge in [0, 0.05) is 11.0 Å². The van der Waals surface area contributed by atoms with Crippen LogP contribution in [0.4, 0.5) is 0 Å². The smallest absolute Gasteiger partial charge is 0.478 e. The second-order valence-corrected chi connectivity index (χ2v) is 2.84. The molecule has 0 saturated heterocycles. The van der Waals surface area contributed by atoms with Gasteiger partial charge in [0.05, 0.1) is 11.1 Å². The van der Waals surface area contributed by atoms with E-state index >= 15 is 0 Å². The van der Waals surface area contributed by atoms with Gasteiger partial charge in [-0.2, -0.15) is 0 Å². The van der Waals surface area contributed by atoms with Crippen LogP contribution in [-0.2, 0) is 19.4 Å². The van der Waals surface area contributed by atoms with E-state index in [0.717, 1.165) is 6.07 Å². The van der Waals surface area contributed by atoms with E-state index in [1.54, 1.807) is 0 Å². The maximum Gasteiger partial charge on any atom is 1.00 e. The molecular formula is C8H7NaO7S. The van der Waals surface area contributed by atoms with E-state index in [9.17, 15) is 9.59 Å². The molecule has 0 aromatic heterocycles. The molecule has 0 bridgehead atoms. The summed E-state index contributed by atoms with van der Waals surface area (Å²) in [5.41, 5.74) is -0.0372. The number of benzene rings is 1. The van der Waals surface area contributed by atoms with Crippen molar-refractivity contribution in [3.05, 3.63) is 35.4 Å². The van der Waals surface area contributed by atoms with E-state index in [1.165, 1.54) is 18.2 Å². The number of aromatic carboxylic acids is 2. The van der Waals surface area contributed by atoms with Gasteiger partial charge in [-0.3, -0.25) is 0 Å². The van der Waals surface area contributed by atoms with E-state index < -0.39 is 22.9 Å². The molecular weight excluding hydrogens is 263 g/mol. The van der Waals surface area contributed by atoms with E-state index in [0.29, 0.717) is 0 Å². The summed E-state index contributed by atoms with van der Waals surface area (Å²) >= 11 is 0. The Kier molecular flexibility index (Phi) is 9.91. The van der Waals surface area contributed by atoms with Crippen LogP contribution in [0.3, 0.4) is 0 Å². The third kappa shape index (κ3) is 8.83. The summed E-state index contributed by atoms with van der Waals surface area (Å²) in [4.78, 5) is 20.8. The van der Waals surface area contributed by atoms with Gasteiger partial charge >= 0.3 is 41.5 Å². The van der Waals surface area contributed by atoms with Crippen LogP contribution in [0.1, 0.15) is 20.7 Å². The minimum Gasteiger partial charge on any atom is -0.478 e. The molecule has 0 amide bonds. The van der Waals surface area contributed by atoms with Crippen molar-refractivity contribution in [2.24, 2.45) is 0 Å². The summed E-state index contributed by atoms with van der Waals surface area (Å²) < 4.78 is 24.1. The van der Waals surface area contributed by atoms with Crippen LogP contribution >= 0.6 is 0 Å². The fourth-order valence-electron chi connectivity index (χ4n) is 0.785. The van der Waals surface area contributed by atoms with Crippen LogP contribution in [0.5, 0.6) is 0 Å². The van der Waals surface area contributed by atoms with Crippen LogP contribution in [-0.4, -0.2) is 26.7 Å². The van der Waals surface area contributed by atoms with Crippen molar-refractivity contribution in [1.82, 2.24) is 0 Å². The van der Waals surface area contributed by atoms with Crippen LogP contribution in [0.15, 0.2) is 24.3 Å². The molecule has 0 radical (unpaired) electrons. The van der Waals surface area contributed by atoms with E-state index in [2.05, 4.69) is 0 Å². The average molecular weight is 270 g/mol. The van der Waals surface area contributed by atoms with Crippen LogP contribution < -0.4 is 29.6 Å². The number of carbonyl (C=O) groups is 2. The fourth-order valence-corrected chi connectivity index (χ4v) is 0.785. The van der Waals surface area contributed by atoms with Crippen molar-refractivity contribution in [3.8, 4) is 0 Å². The van der Waals surface area contributed by atoms with Crippen molar-refractivity contribution in [2.45, 2.75) is 0 Å². The van der Waals surface area contributed by atoms with Crippen molar-refractivity contribution >= 4 is 22.9 Å². The number of carboxylic acids is 2. The van der Waals surface area contributed by atoms with Gasteiger partial charge in [-0.05, 0) is 18.2 Å². The molecule has 1 rings (SSSR count). The molecule has 0 heterocycles. The Bertz CT molecular complexity index is 431. The minimum atomic E-state index is -2.86. The predicted molar refractivity (Wildman–Crippen MR) is 51.7 cm³/mol. The van der Waals surface area contributed by atoms with Crippen molar-refractivity contribution in [3.63, 3.8) is 0 Å². The molecule has 0 aliphatic heterocycles. The molecule has 0 aliphatic carbocycles. The normalized spacial score (nSPS) is 8.59. The predicted octanol–water partition coefficient (Wildman–Crippen LogP) is -2.14. The van der Waals surface area contributed by atoms with Crippen LogP contribution in [0.2, 0.25) is 0 Å². The molecule has 0 saturated carbocycles. The molecule has 0 unspecified atom stereocenters. The number of hydrogen-bond donors (Lipinski definition) is 3. The standard InChI is InChI=1S/C8H6O4.Na.HO3S/c9-7(10)5-2-1-3-6(4-5)8(11)12;;1-4(2)3/h1-4H,(H,9,10)(H,11,12);;(H,1,2,3)/q;+1;-1. The van der Waals surface area contributed by atoms with E-state index in [4.69, 9.17) is 23.2 Å². The van der Waals surface area contributed by atoms with Gasteiger partial charge in [-0.25, -0.2) is 9.59 Å². The molecule has 0 fully saturated rings. The number of hydrogen-bond acceptors (Lipinski definition) is 5. The zero-order valence-corrected chi connectivity index (χ0v) is 11.5. The molecule has 1 aromatic carbocycles. The van der Waals surface area contributed by atoms with Gasteiger partial charge in [0.25, 0.3) is 0 Å². The maximum atomic E-state index is 10.4. The second-order valence-electron chi connectivity index (χ2n) is 2.41. The second kappa shape index (κ2) is 9.14. The van der Waals surface area contributed by atoms with Gasteiger partial charge in [0.2, 0.25) is 0 Å². The Morgan fingerprint density at radius 1 is 1.00 bits per heavy atom. The molecule has 0 spiro atoms. The molecule has 88 valence electrons. The van der Waals surface area contributed by atoms with Gasteiger partial charge in [0.15, 0.2) is 0 Å². The quantitative estimate of drug-likeness (QED) is 0.242. The van der Waals surface area contributed by atoms with Gasteiger partial charge < -0.3 is 23.2 Å². The van der Waals surface area contributed by atoms with E-state index in [-0.39, 0.29) is 40.7 Å². The topological polar surface area (TPSA) is 129 Å². The van der Waals surface area contributed by atoms with Gasteiger partial charge in [0.1, 0.15) is 0 Å². The average Bonchev–Trinajstić information content (AvgIpc) is 2.17. The van der Waals surface area contributed by atoms with Crippen molar-refractivity contribution in [2.75, 3.05) is 0 Å². The molecule has 17 heavy (non-hydrogen) atoms. The summed E-state index contributed by atoms with van der Waals surface area (Å²) in [6, 6.07) is 5.20. The monoisotopic (exact) mass is 270 g/mol.